The van der Waals surface area contributed by atoms with Crippen LogP contribution in [0.2, 0.25) is 0 Å². The van der Waals surface area contributed by atoms with Crippen molar-refractivity contribution in [2.75, 3.05) is 0 Å². The Kier molecular flexibility index (Phi) is 2.07. The maximum atomic E-state index is 8.70. The molecule has 0 aliphatic heterocycles. The monoisotopic (exact) mass is 306 g/mol. The molecule has 0 radical (unpaired) electrons. The zero-order chi connectivity index (χ0) is 25.1. The second-order valence-corrected chi connectivity index (χ2v) is 6.75. The van der Waals surface area contributed by atoms with Crippen molar-refractivity contribution in [1.82, 2.24) is 0 Å². The second kappa shape index (κ2) is 5.87. The van der Waals surface area contributed by atoms with Gasteiger partial charge in [-0.05, 0) is 42.3 Å². The minimum atomic E-state index is -3.09. The molecular formula is C21H30N+. The van der Waals surface area contributed by atoms with Gasteiger partial charge < -0.3 is 0 Å². The van der Waals surface area contributed by atoms with Gasteiger partial charge in [-0.15, -0.1) is 0 Å². The molecule has 0 spiro atoms. The van der Waals surface area contributed by atoms with Crippen molar-refractivity contribution < 1.29 is 18.3 Å². The van der Waals surface area contributed by atoms with Gasteiger partial charge in [0.1, 0.15) is 7.05 Å². The number of hydrogen-bond acceptors (Lipinski definition) is 0. The van der Waals surface area contributed by atoms with Gasteiger partial charge in [0, 0.05) is 30.9 Å². The Labute approximate surface area is 150 Å². The van der Waals surface area contributed by atoms with Crippen LogP contribution in [0.3, 0.4) is 0 Å². The molecule has 1 nitrogen and oxygen atoms in total. The molecule has 0 saturated carbocycles. The van der Waals surface area contributed by atoms with Crippen LogP contribution in [0.15, 0.2) is 30.5 Å². The van der Waals surface area contributed by atoms with Crippen LogP contribution in [0.25, 0.3) is 11.3 Å². The number of nitrogens with zero attached hydrogens (tertiary/aromatic N) is 1. The van der Waals surface area contributed by atoms with Gasteiger partial charge >= 0.3 is 0 Å². The van der Waals surface area contributed by atoms with E-state index >= 15 is 0 Å². The highest BCUT2D eigenvalue weighted by atomic mass is 14.9. The van der Waals surface area contributed by atoms with Crippen LogP contribution in [0.4, 0.5) is 0 Å². The van der Waals surface area contributed by atoms with E-state index in [0.29, 0.717) is 16.8 Å². The van der Waals surface area contributed by atoms with Crippen molar-refractivity contribution in [2.24, 2.45) is 7.05 Å². The lowest BCUT2D eigenvalue weighted by molar-refractivity contribution is -0.661. The molecule has 1 heteroatoms. The molecule has 22 heavy (non-hydrogen) atoms. The molecule has 2 aromatic rings. The van der Waals surface area contributed by atoms with E-state index in [0.717, 1.165) is 5.56 Å². The molecule has 1 aromatic carbocycles. The predicted octanol–water partition coefficient (Wildman–Crippen LogP) is 5.22. The number of benzene rings is 1. The van der Waals surface area contributed by atoms with E-state index in [4.69, 9.17) is 13.7 Å². The lowest BCUT2D eigenvalue weighted by Crippen LogP contribution is -2.34. The summed E-state index contributed by atoms with van der Waals surface area (Å²) < 4.78 is 80.6. The molecular weight excluding hydrogens is 266 g/mol. The van der Waals surface area contributed by atoms with Gasteiger partial charge in [0.05, 0.1) is 0 Å². The molecule has 0 amide bonds. The highest BCUT2D eigenvalue weighted by Crippen LogP contribution is 2.33. The highest BCUT2D eigenvalue weighted by molar-refractivity contribution is 5.63. The Balaban J connectivity index is 2.90. The molecule has 118 valence electrons. The first-order chi connectivity index (χ1) is 14.1. The first kappa shape index (κ1) is 7.77. The molecule has 0 aliphatic rings. The van der Waals surface area contributed by atoms with E-state index in [9.17, 15) is 0 Å². The third-order valence-electron chi connectivity index (χ3n) is 3.85. The Morgan fingerprint density at radius 1 is 1.18 bits per heavy atom. The van der Waals surface area contributed by atoms with Crippen molar-refractivity contribution in [3.05, 3.63) is 52.7 Å². The third-order valence-corrected chi connectivity index (χ3v) is 3.85. The minimum Gasteiger partial charge on any atom is -0.201 e. The van der Waals surface area contributed by atoms with Gasteiger partial charge in [0.25, 0.3) is 0 Å². The summed E-state index contributed by atoms with van der Waals surface area (Å²) in [6, 6.07) is 6.53. The number of aryl methyl sites for hydroxylation is 3. The molecule has 0 N–H and O–H groups in total. The Bertz CT molecular complexity index is 993. The van der Waals surface area contributed by atoms with Crippen molar-refractivity contribution in [1.29, 1.82) is 0 Å². The predicted molar refractivity (Wildman–Crippen MR) is 95.3 cm³/mol. The molecule has 2 rings (SSSR count). The molecule has 0 atom stereocenters. The van der Waals surface area contributed by atoms with Gasteiger partial charge in [-0.2, -0.15) is 0 Å². The molecule has 0 unspecified atom stereocenters. The van der Waals surface area contributed by atoms with Gasteiger partial charge in [-0.3, -0.25) is 0 Å². The fourth-order valence-corrected chi connectivity index (χ4v) is 2.69. The molecule has 0 saturated heterocycles. The van der Waals surface area contributed by atoms with E-state index < -0.39 is 31.9 Å². The summed E-state index contributed by atoms with van der Waals surface area (Å²) in [6.45, 7) is -1.14. The van der Waals surface area contributed by atoms with Gasteiger partial charge in [0.2, 0.25) is 5.69 Å². The Hall–Kier alpha value is -1.63. The summed E-state index contributed by atoms with van der Waals surface area (Å²) >= 11 is 0. The second-order valence-electron chi connectivity index (χ2n) is 6.75. The fraction of sp³-hybridized carbons (Fsp3) is 0.476. The summed E-state index contributed by atoms with van der Waals surface area (Å²) in [7, 11) is 1.65. The Morgan fingerprint density at radius 3 is 2.45 bits per heavy atom. The first-order valence-electron chi connectivity index (χ1n) is 12.3. The zero-order valence-electron chi connectivity index (χ0n) is 23.8. The molecule has 1 aromatic heterocycles. The minimum absolute atomic E-state index is 0.0759. The van der Waals surface area contributed by atoms with Crippen LogP contribution in [-0.4, -0.2) is 0 Å². The third kappa shape index (κ3) is 3.24. The van der Waals surface area contributed by atoms with Crippen LogP contribution < -0.4 is 4.57 Å². The van der Waals surface area contributed by atoms with Crippen LogP contribution in [-0.2, 0) is 12.5 Å². The summed E-state index contributed by atoms with van der Waals surface area (Å²) in [5, 5.41) is 0. The zero-order valence-corrected chi connectivity index (χ0v) is 13.8. The normalized spacial score (nSPS) is 21.0. The van der Waals surface area contributed by atoms with Crippen molar-refractivity contribution in [3.63, 3.8) is 0 Å². The summed E-state index contributed by atoms with van der Waals surface area (Å²) in [5.74, 6) is -2.82. The van der Waals surface area contributed by atoms with Crippen LogP contribution >= 0.6 is 0 Å². The van der Waals surface area contributed by atoms with Crippen LogP contribution in [0, 0.1) is 13.8 Å². The fourth-order valence-electron chi connectivity index (χ4n) is 2.69. The molecule has 0 fully saturated rings. The van der Waals surface area contributed by atoms with E-state index in [1.165, 1.54) is 12.3 Å². The van der Waals surface area contributed by atoms with Crippen LogP contribution in [0.5, 0.6) is 0 Å². The molecule has 1 heterocycles. The van der Waals surface area contributed by atoms with Crippen LogP contribution in [0.1, 0.15) is 76.3 Å². The topological polar surface area (TPSA) is 3.88 Å². The summed E-state index contributed by atoms with van der Waals surface area (Å²) in [4.78, 5) is 0. The van der Waals surface area contributed by atoms with E-state index in [2.05, 4.69) is 0 Å². The summed E-state index contributed by atoms with van der Waals surface area (Å²) in [5.41, 5.74) is 2.02. The Morgan fingerprint density at radius 2 is 1.91 bits per heavy atom. The standard InChI is InChI=1S/C21H30N/c1-14(2)18-13-22(8)20(12-19(18)21(5,6)7)17-10-9-15(3)11-16(17)4/h9-14H,1-8H3/q+1/i1D3,2D3,3D3,14D. The largest absolute Gasteiger partial charge is 0.212 e. The van der Waals surface area contributed by atoms with E-state index in [1.807, 2.05) is 20.8 Å². The number of aromatic nitrogens is 1. The smallest absolute Gasteiger partial charge is 0.201 e. The van der Waals surface area contributed by atoms with Crippen molar-refractivity contribution >= 4 is 0 Å². The van der Waals surface area contributed by atoms with Gasteiger partial charge in [0.15, 0.2) is 6.20 Å². The van der Waals surface area contributed by atoms with Crippen molar-refractivity contribution in [2.45, 2.75) is 59.6 Å². The molecule has 0 aliphatic carbocycles. The summed E-state index contributed by atoms with van der Waals surface area (Å²) in [6.07, 6.45) is 1.42. The van der Waals surface area contributed by atoms with E-state index in [-0.39, 0.29) is 11.1 Å². The van der Waals surface area contributed by atoms with Gasteiger partial charge in [-0.25, -0.2) is 4.57 Å². The lowest BCUT2D eigenvalue weighted by atomic mass is 9.80. The highest BCUT2D eigenvalue weighted by Gasteiger charge is 2.25. The average molecular weight is 307 g/mol. The first-order valence-corrected chi connectivity index (χ1v) is 7.28. The average Bonchev–Trinajstić information content (AvgIpc) is 2.57. The number of pyridine rings is 1. The number of rotatable bonds is 2. The number of hydrogen-bond donors (Lipinski definition) is 0. The van der Waals surface area contributed by atoms with E-state index in [1.54, 1.807) is 36.7 Å². The quantitative estimate of drug-likeness (QED) is 0.670. The lowest BCUT2D eigenvalue weighted by Gasteiger charge is -2.24. The molecule has 0 bridgehead atoms. The maximum Gasteiger partial charge on any atom is 0.212 e. The maximum absolute atomic E-state index is 8.70. The SMILES string of the molecule is [2H]C([2H])([2H])c1ccc(-c2cc(C(C)(C)C)c(C([2H])(C([2H])([2H])[2H])C([2H])([2H])[2H])c[n+]2C)c(C)c1. The van der Waals surface area contributed by atoms with Gasteiger partial charge in [-0.1, -0.05) is 52.2 Å². The van der Waals surface area contributed by atoms with Crippen molar-refractivity contribution in [3.8, 4) is 11.3 Å².